The molecule has 7 nitrogen and oxygen atoms in total. The van der Waals surface area contributed by atoms with Crippen LogP contribution in [0.5, 0.6) is 0 Å². The molecule has 0 radical (unpaired) electrons. The van der Waals surface area contributed by atoms with Crippen molar-refractivity contribution >= 4 is 47.0 Å². The number of anilines is 1. The Bertz CT molecular complexity index is 1300. The van der Waals surface area contributed by atoms with Gasteiger partial charge < -0.3 is 10.6 Å². The van der Waals surface area contributed by atoms with Crippen molar-refractivity contribution in [1.82, 2.24) is 10.2 Å². The number of nitrogens with zero attached hydrogens (tertiary/aromatic N) is 1. The van der Waals surface area contributed by atoms with E-state index in [2.05, 4.69) is 10.6 Å². The maximum absolute atomic E-state index is 12.9. The van der Waals surface area contributed by atoms with Gasteiger partial charge in [0.25, 0.3) is 5.91 Å². The molecular weight excluding hydrogens is 466 g/mol. The number of halogens is 1. The molecule has 8 heteroatoms. The molecule has 1 saturated heterocycles. The van der Waals surface area contributed by atoms with Gasteiger partial charge in [-0.3, -0.25) is 19.3 Å². The van der Waals surface area contributed by atoms with Crippen LogP contribution < -0.4 is 10.6 Å². The summed E-state index contributed by atoms with van der Waals surface area (Å²) < 4.78 is 0. The van der Waals surface area contributed by atoms with Crippen LogP contribution in [0.25, 0.3) is 6.08 Å². The van der Waals surface area contributed by atoms with E-state index in [0.29, 0.717) is 21.8 Å². The first kappa shape index (κ1) is 23.9. The summed E-state index contributed by atoms with van der Waals surface area (Å²) in [7, 11) is 0. The number of urea groups is 1. The molecule has 0 aliphatic carbocycles. The second kappa shape index (κ2) is 9.95. The normalized spacial score (nSPS) is 17.5. The van der Waals surface area contributed by atoms with E-state index in [-0.39, 0.29) is 5.78 Å². The Hall–Kier alpha value is -4.23. The lowest BCUT2D eigenvalue weighted by Crippen LogP contribution is -2.42. The van der Waals surface area contributed by atoms with E-state index >= 15 is 0 Å². The third-order valence-corrected chi connectivity index (χ3v) is 5.93. The fourth-order valence-corrected chi connectivity index (χ4v) is 3.84. The van der Waals surface area contributed by atoms with Crippen molar-refractivity contribution in [2.24, 2.45) is 0 Å². The molecule has 35 heavy (non-hydrogen) atoms. The molecular formula is C27H22ClN3O4. The first-order valence-electron chi connectivity index (χ1n) is 10.8. The van der Waals surface area contributed by atoms with Crippen LogP contribution in [0.1, 0.15) is 28.4 Å². The van der Waals surface area contributed by atoms with E-state index in [0.717, 1.165) is 10.5 Å². The van der Waals surface area contributed by atoms with Crippen LogP contribution in [0.2, 0.25) is 5.02 Å². The van der Waals surface area contributed by atoms with Crippen molar-refractivity contribution < 1.29 is 19.2 Å². The number of nitrogens with one attached hydrogen (secondary N) is 2. The molecule has 3 aromatic rings. The lowest BCUT2D eigenvalue weighted by atomic mass is 9.92. The summed E-state index contributed by atoms with van der Waals surface area (Å²) >= 11 is 5.86. The Morgan fingerprint density at radius 3 is 2.29 bits per heavy atom. The lowest BCUT2D eigenvalue weighted by molar-refractivity contribution is -0.133. The van der Waals surface area contributed by atoms with Gasteiger partial charge in [0.15, 0.2) is 5.78 Å². The van der Waals surface area contributed by atoms with Crippen molar-refractivity contribution in [2.75, 3.05) is 11.9 Å². The third-order valence-electron chi connectivity index (χ3n) is 5.68. The monoisotopic (exact) mass is 487 g/mol. The zero-order valence-electron chi connectivity index (χ0n) is 18.8. The van der Waals surface area contributed by atoms with E-state index < -0.39 is 29.9 Å². The van der Waals surface area contributed by atoms with Crippen LogP contribution in [0, 0.1) is 0 Å². The first-order chi connectivity index (χ1) is 16.8. The lowest BCUT2D eigenvalue weighted by Gasteiger charge is -2.22. The standard InChI is InChI=1S/C27H22ClN3O4/c1-27(20-5-3-2-4-6-20)25(34)31(26(35)30-27)17-24(33)29-22-14-10-19(11-15-22)23(32)16-9-18-7-12-21(28)13-8-18/h2-16H,17H2,1H3,(H,29,33)(H,30,35)/b16-9+. The average Bonchev–Trinajstić information content (AvgIpc) is 3.08. The van der Waals surface area contributed by atoms with Crippen molar-refractivity contribution in [1.29, 1.82) is 0 Å². The first-order valence-corrected chi connectivity index (χ1v) is 11.2. The molecule has 1 aliphatic heterocycles. The van der Waals surface area contributed by atoms with Gasteiger partial charge in [0, 0.05) is 16.3 Å². The quantitative estimate of drug-likeness (QED) is 0.288. The van der Waals surface area contributed by atoms with Gasteiger partial charge >= 0.3 is 6.03 Å². The van der Waals surface area contributed by atoms with Crippen molar-refractivity contribution in [3.63, 3.8) is 0 Å². The molecule has 1 unspecified atom stereocenters. The van der Waals surface area contributed by atoms with Gasteiger partial charge in [-0.05, 0) is 60.5 Å². The summed E-state index contributed by atoms with van der Waals surface area (Å²) in [6.07, 6.45) is 3.15. The van der Waals surface area contributed by atoms with Gasteiger partial charge in [0.2, 0.25) is 5.91 Å². The number of imide groups is 1. The molecule has 0 spiro atoms. The van der Waals surface area contributed by atoms with Gasteiger partial charge in [-0.25, -0.2) is 4.79 Å². The molecule has 1 fully saturated rings. The zero-order valence-corrected chi connectivity index (χ0v) is 19.6. The van der Waals surface area contributed by atoms with Crippen LogP contribution in [0.15, 0.2) is 84.9 Å². The number of amides is 4. The molecule has 4 amide bonds. The Morgan fingerprint density at radius 1 is 0.971 bits per heavy atom. The highest BCUT2D eigenvalue weighted by atomic mass is 35.5. The molecule has 1 atom stereocenters. The Kier molecular flexibility index (Phi) is 6.80. The molecule has 3 aromatic carbocycles. The van der Waals surface area contributed by atoms with Crippen molar-refractivity contribution in [3.8, 4) is 0 Å². The highest BCUT2D eigenvalue weighted by Crippen LogP contribution is 2.28. The summed E-state index contributed by atoms with van der Waals surface area (Å²) in [5, 5.41) is 5.94. The number of hydrogen-bond acceptors (Lipinski definition) is 4. The number of allylic oxidation sites excluding steroid dienone is 1. The number of carbonyl (C=O) groups excluding carboxylic acids is 4. The van der Waals surface area contributed by atoms with Gasteiger partial charge in [-0.2, -0.15) is 0 Å². The minimum atomic E-state index is -1.24. The largest absolute Gasteiger partial charge is 0.325 e. The van der Waals surface area contributed by atoms with Gasteiger partial charge in [0.1, 0.15) is 12.1 Å². The van der Waals surface area contributed by atoms with Crippen LogP contribution in [-0.2, 0) is 15.1 Å². The summed E-state index contributed by atoms with van der Waals surface area (Å²) in [6, 6.07) is 21.7. The Morgan fingerprint density at radius 2 is 1.63 bits per heavy atom. The van der Waals surface area contributed by atoms with Crippen LogP contribution in [0.4, 0.5) is 10.5 Å². The molecule has 0 aromatic heterocycles. The van der Waals surface area contributed by atoms with Crippen molar-refractivity contribution in [3.05, 3.63) is 107 Å². The smallest absolute Gasteiger partial charge is 0.325 e. The predicted molar refractivity (Wildman–Crippen MR) is 134 cm³/mol. The summed E-state index contributed by atoms with van der Waals surface area (Å²) in [4.78, 5) is 51.2. The van der Waals surface area contributed by atoms with E-state index in [9.17, 15) is 19.2 Å². The van der Waals surface area contributed by atoms with Crippen LogP contribution >= 0.6 is 11.6 Å². The number of ketones is 1. The molecule has 1 aliphatic rings. The molecule has 176 valence electrons. The van der Waals surface area contributed by atoms with E-state index in [1.807, 2.05) is 6.07 Å². The highest BCUT2D eigenvalue weighted by molar-refractivity contribution is 6.30. The minimum absolute atomic E-state index is 0.197. The van der Waals surface area contributed by atoms with Gasteiger partial charge in [-0.15, -0.1) is 0 Å². The second-order valence-electron chi connectivity index (χ2n) is 8.19. The fraction of sp³-hybridized carbons (Fsp3) is 0.111. The Balaban J connectivity index is 1.36. The average molecular weight is 488 g/mol. The van der Waals surface area contributed by atoms with E-state index in [1.54, 1.807) is 85.8 Å². The second-order valence-corrected chi connectivity index (χ2v) is 8.62. The summed E-state index contributed by atoms with van der Waals surface area (Å²) in [5.74, 6) is -1.23. The summed E-state index contributed by atoms with van der Waals surface area (Å²) in [5.41, 5.74) is 1.12. The number of benzene rings is 3. The van der Waals surface area contributed by atoms with Gasteiger partial charge in [0.05, 0.1) is 0 Å². The number of carbonyl (C=O) groups is 4. The molecule has 0 bridgehead atoms. The van der Waals surface area contributed by atoms with Crippen molar-refractivity contribution in [2.45, 2.75) is 12.5 Å². The summed E-state index contributed by atoms with van der Waals surface area (Å²) in [6.45, 7) is 1.18. The SMILES string of the molecule is CC1(c2ccccc2)NC(=O)N(CC(=O)Nc2ccc(C(=O)/C=C/c3ccc(Cl)cc3)cc2)C1=O. The highest BCUT2D eigenvalue weighted by Gasteiger charge is 2.49. The van der Waals surface area contributed by atoms with Crippen LogP contribution in [-0.4, -0.2) is 35.1 Å². The minimum Gasteiger partial charge on any atom is -0.325 e. The molecule has 2 N–H and O–H groups in total. The zero-order chi connectivity index (χ0) is 25.0. The fourth-order valence-electron chi connectivity index (χ4n) is 3.71. The molecule has 0 saturated carbocycles. The topological polar surface area (TPSA) is 95.6 Å². The molecule has 1 heterocycles. The number of hydrogen-bond donors (Lipinski definition) is 2. The van der Waals surface area contributed by atoms with E-state index in [4.69, 9.17) is 11.6 Å². The maximum Gasteiger partial charge on any atom is 0.325 e. The van der Waals surface area contributed by atoms with E-state index in [1.165, 1.54) is 6.08 Å². The molecule has 4 rings (SSSR count). The third kappa shape index (κ3) is 5.31. The van der Waals surface area contributed by atoms with Gasteiger partial charge in [-0.1, -0.05) is 60.1 Å². The number of rotatable bonds is 7. The predicted octanol–water partition coefficient (Wildman–Crippen LogP) is 4.64. The Labute approximate surface area is 207 Å². The maximum atomic E-state index is 12.9. The van der Waals surface area contributed by atoms with Crippen LogP contribution in [0.3, 0.4) is 0 Å².